The molecule has 4 nitrogen and oxygen atoms in total. The van der Waals surface area contributed by atoms with Crippen LogP contribution >= 0.6 is 0 Å². The van der Waals surface area contributed by atoms with Gasteiger partial charge >= 0.3 is 5.97 Å². The number of carbonyl (C=O) groups is 1. The van der Waals surface area contributed by atoms with E-state index in [1.54, 1.807) is 14.2 Å². The first kappa shape index (κ1) is 19.4. The maximum atomic E-state index is 13.0. The molecule has 1 aliphatic rings. The molecule has 4 heteroatoms. The van der Waals surface area contributed by atoms with Gasteiger partial charge < -0.3 is 14.2 Å². The zero-order valence-electron chi connectivity index (χ0n) is 16.1. The van der Waals surface area contributed by atoms with Crippen LogP contribution in [0.3, 0.4) is 0 Å². The fraction of sp³-hybridized carbons (Fsp3) is 0.435. The number of ether oxygens (including phenoxy) is 3. The first-order chi connectivity index (χ1) is 13.2. The molecule has 0 unspecified atom stereocenters. The average molecular weight is 368 g/mol. The van der Waals surface area contributed by atoms with Crippen molar-refractivity contribution in [1.29, 1.82) is 0 Å². The first-order valence-electron chi connectivity index (χ1n) is 9.65. The molecule has 1 aliphatic carbocycles. The van der Waals surface area contributed by atoms with Crippen molar-refractivity contribution < 1.29 is 19.0 Å². The molecule has 1 saturated carbocycles. The maximum Gasteiger partial charge on any atom is 0.340 e. The smallest absolute Gasteiger partial charge is 0.340 e. The molecule has 27 heavy (non-hydrogen) atoms. The lowest BCUT2D eigenvalue weighted by Crippen LogP contribution is -2.26. The van der Waals surface area contributed by atoms with Crippen LogP contribution in [0.2, 0.25) is 0 Å². The van der Waals surface area contributed by atoms with Gasteiger partial charge in [0, 0.05) is 13.0 Å². The summed E-state index contributed by atoms with van der Waals surface area (Å²) in [4.78, 5) is 13.0. The van der Waals surface area contributed by atoms with Crippen molar-refractivity contribution in [1.82, 2.24) is 0 Å². The lowest BCUT2D eigenvalue weighted by atomic mass is 9.82. The predicted octanol–water partition coefficient (Wildman–Crippen LogP) is 5.25. The quantitative estimate of drug-likeness (QED) is 0.626. The van der Waals surface area contributed by atoms with E-state index in [2.05, 4.69) is 0 Å². The second kappa shape index (κ2) is 9.56. The number of esters is 1. The third kappa shape index (κ3) is 4.89. The SMILES string of the molecule is COc1cccc([C@H](OC(=O)[C@@H](OC)c2ccccc2)C2CCCCC2)c1. The lowest BCUT2D eigenvalue weighted by Gasteiger charge is -2.31. The molecule has 2 atom stereocenters. The van der Waals surface area contributed by atoms with Gasteiger partial charge in [-0.1, -0.05) is 61.7 Å². The van der Waals surface area contributed by atoms with E-state index in [0.717, 1.165) is 29.7 Å². The van der Waals surface area contributed by atoms with Gasteiger partial charge in [0.15, 0.2) is 6.10 Å². The van der Waals surface area contributed by atoms with E-state index in [4.69, 9.17) is 14.2 Å². The summed E-state index contributed by atoms with van der Waals surface area (Å²) in [5, 5.41) is 0. The highest BCUT2D eigenvalue weighted by Gasteiger charge is 2.32. The minimum atomic E-state index is -0.720. The zero-order valence-corrected chi connectivity index (χ0v) is 16.1. The van der Waals surface area contributed by atoms with Crippen LogP contribution in [-0.2, 0) is 14.3 Å². The zero-order chi connectivity index (χ0) is 19.1. The number of hydrogen-bond acceptors (Lipinski definition) is 4. The molecule has 0 amide bonds. The standard InChI is InChI=1S/C23H28O4/c1-25-20-15-9-14-19(16-20)21(17-10-5-3-6-11-17)27-23(24)22(26-2)18-12-7-4-8-13-18/h4,7-9,12-17,21-22H,3,5-6,10-11H2,1-2H3/t21-,22+/m1/s1. The molecule has 0 aliphatic heterocycles. The molecule has 2 aromatic carbocycles. The highest BCUT2D eigenvalue weighted by Crippen LogP contribution is 2.39. The molecule has 0 bridgehead atoms. The van der Waals surface area contributed by atoms with Gasteiger partial charge in [0.05, 0.1) is 7.11 Å². The molecular formula is C23H28O4. The molecule has 3 rings (SSSR count). The topological polar surface area (TPSA) is 44.8 Å². The van der Waals surface area contributed by atoms with E-state index in [9.17, 15) is 4.79 Å². The number of methoxy groups -OCH3 is 2. The van der Waals surface area contributed by atoms with E-state index in [0.29, 0.717) is 5.92 Å². The summed E-state index contributed by atoms with van der Waals surface area (Å²) in [6.07, 6.45) is 4.73. The Hall–Kier alpha value is -2.33. The molecule has 0 saturated heterocycles. The van der Waals surface area contributed by atoms with Crippen molar-refractivity contribution in [3.8, 4) is 5.75 Å². The third-order valence-electron chi connectivity index (χ3n) is 5.30. The van der Waals surface area contributed by atoms with Crippen molar-refractivity contribution in [3.05, 3.63) is 65.7 Å². The summed E-state index contributed by atoms with van der Waals surface area (Å²) >= 11 is 0. The summed E-state index contributed by atoms with van der Waals surface area (Å²) in [7, 11) is 3.19. The van der Waals surface area contributed by atoms with Crippen LogP contribution < -0.4 is 4.74 Å². The second-order valence-corrected chi connectivity index (χ2v) is 7.06. The van der Waals surface area contributed by atoms with Crippen LogP contribution in [0.5, 0.6) is 5.75 Å². The van der Waals surface area contributed by atoms with Crippen molar-refractivity contribution >= 4 is 5.97 Å². The third-order valence-corrected chi connectivity index (χ3v) is 5.30. The number of hydrogen-bond donors (Lipinski definition) is 0. The molecule has 0 heterocycles. The molecule has 1 fully saturated rings. The van der Waals surface area contributed by atoms with Crippen LogP contribution in [0.1, 0.15) is 55.4 Å². The molecule has 0 spiro atoms. The number of carbonyl (C=O) groups excluding carboxylic acids is 1. The Morgan fingerprint density at radius 3 is 2.30 bits per heavy atom. The fourth-order valence-electron chi connectivity index (χ4n) is 3.88. The van der Waals surface area contributed by atoms with Gasteiger partial charge in [-0.05, 0) is 36.1 Å². The Balaban J connectivity index is 1.84. The van der Waals surface area contributed by atoms with E-state index < -0.39 is 6.10 Å². The monoisotopic (exact) mass is 368 g/mol. The summed E-state index contributed by atoms with van der Waals surface area (Å²) in [5.41, 5.74) is 1.79. The van der Waals surface area contributed by atoms with Crippen LogP contribution in [0, 0.1) is 5.92 Å². The van der Waals surface area contributed by atoms with Crippen LogP contribution in [-0.4, -0.2) is 20.2 Å². The van der Waals surface area contributed by atoms with E-state index in [1.807, 2.05) is 54.6 Å². The highest BCUT2D eigenvalue weighted by molar-refractivity contribution is 5.76. The van der Waals surface area contributed by atoms with Crippen molar-refractivity contribution in [2.75, 3.05) is 14.2 Å². The van der Waals surface area contributed by atoms with Gasteiger partial charge in [-0.25, -0.2) is 4.79 Å². The summed E-state index contributed by atoms with van der Waals surface area (Å²) in [6, 6.07) is 17.3. The Labute approximate surface area is 161 Å². The first-order valence-corrected chi connectivity index (χ1v) is 9.65. The Morgan fingerprint density at radius 2 is 1.63 bits per heavy atom. The van der Waals surface area contributed by atoms with E-state index in [-0.39, 0.29) is 12.1 Å². The Bertz CT molecular complexity index is 722. The van der Waals surface area contributed by atoms with Gasteiger partial charge in [0.25, 0.3) is 0 Å². The van der Waals surface area contributed by atoms with Gasteiger partial charge in [0.2, 0.25) is 0 Å². The fourth-order valence-corrected chi connectivity index (χ4v) is 3.88. The van der Waals surface area contributed by atoms with Gasteiger partial charge in [-0.3, -0.25) is 0 Å². The largest absolute Gasteiger partial charge is 0.497 e. The summed E-state index contributed by atoms with van der Waals surface area (Å²) in [6.45, 7) is 0. The van der Waals surface area contributed by atoms with Crippen molar-refractivity contribution in [2.45, 2.75) is 44.3 Å². The van der Waals surface area contributed by atoms with Crippen LogP contribution in [0.4, 0.5) is 0 Å². The molecule has 0 aromatic heterocycles. The minimum Gasteiger partial charge on any atom is -0.497 e. The lowest BCUT2D eigenvalue weighted by molar-refractivity contribution is -0.165. The molecule has 0 radical (unpaired) electrons. The van der Waals surface area contributed by atoms with Gasteiger partial charge in [-0.2, -0.15) is 0 Å². The van der Waals surface area contributed by atoms with Crippen molar-refractivity contribution in [3.63, 3.8) is 0 Å². The average Bonchev–Trinajstić information content (AvgIpc) is 2.74. The summed E-state index contributed by atoms with van der Waals surface area (Å²) < 4.78 is 16.9. The van der Waals surface area contributed by atoms with Gasteiger partial charge in [0.1, 0.15) is 11.9 Å². The maximum absolute atomic E-state index is 13.0. The van der Waals surface area contributed by atoms with E-state index in [1.165, 1.54) is 19.3 Å². The summed E-state index contributed by atoms with van der Waals surface area (Å²) in [5.74, 6) is 0.751. The Morgan fingerprint density at radius 1 is 0.926 bits per heavy atom. The normalized spacial score (nSPS) is 17.1. The molecule has 144 valence electrons. The van der Waals surface area contributed by atoms with E-state index >= 15 is 0 Å². The molecular weight excluding hydrogens is 340 g/mol. The highest BCUT2D eigenvalue weighted by atomic mass is 16.6. The van der Waals surface area contributed by atoms with Gasteiger partial charge in [-0.15, -0.1) is 0 Å². The van der Waals surface area contributed by atoms with Crippen LogP contribution in [0.15, 0.2) is 54.6 Å². The van der Waals surface area contributed by atoms with Crippen LogP contribution in [0.25, 0.3) is 0 Å². The Kier molecular flexibility index (Phi) is 6.88. The predicted molar refractivity (Wildman–Crippen MR) is 105 cm³/mol. The number of benzene rings is 2. The number of rotatable bonds is 7. The molecule has 0 N–H and O–H groups in total. The second-order valence-electron chi connectivity index (χ2n) is 7.06. The molecule has 2 aromatic rings. The van der Waals surface area contributed by atoms with Crippen molar-refractivity contribution in [2.24, 2.45) is 5.92 Å². The minimum absolute atomic E-state index is 0.283.